The average molecular weight is 478 g/mol. The summed E-state index contributed by atoms with van der Waals surface area (Å²) in [7, 11) is -3.90. The average Bonchev–Trinajstić information content (AvgIpc) is 3.24. The zero-order chi connectivity index (χ0) is 23.7. The first-order chi connectivity index (χ1) is 15.7. The molecule has 0 saturated carbocycles. The summed E-state index contributed by atoms with van der Waals surface area (Å²) in [5.41, 5.74) is 4.15. The zero-order valence-electron chi connectivity index (χ0n) is 19.6. The molecule has 0 spiro atoms. The summed E-state index contributed by atoms with van der Waals surface area (Å²) in [6, 6.07) is 21.6. The van der Waals surface area contributed by atoms with E-state index >= 15 is 0 Å². The fourth-order valence-electron chi connectivity index (χ4n) is 4.18. The van der Waals surface area contributed by atoms with E-state index in [0.717, 1.165) is 33.1 Å². The number of hydrogen-bond acceptors (Lipinski definition) is 4. The van der Waals surface area contributed by atoms with Gasteiger partial charge in [-0.25, -0.2) is 9.97 Å². The van der Waals surface area contributed by atoms with Crippen molar-refractivity contribution in [1.29, 1.82) is 0 Å². The molecule has 0 unspecified atom stereocenters. The lowest BCUT2D eigenvalue weighted by molar-refractivity contribution is 0.630. The van der Waals surface area contributed by atoms with Crippen LogP contribution in [0.25, 0.3) is 21.7 Å². The number of hydrogen-bond donors (Lipinski definition) is 1. The molecule has 0 amide bonds. The second-order valence-corrected chi connectivity index (χ2v) is 13.6. The molecule has 0 atom stereocenters. The maximum Gasteiger partial charge on any atom is 0.122 e. The summed E-state index contributed by atoms with van der Waals surface area (Å²) >= 11 is 1.67. The minimum absolute atomic E-state index is 0.137. The molecule has 2 N–H and O–H groups in total. The van der Waals surface area contributed by atoms with Crippen LogP contribution >= 0.6 is 11.3 Å². The van der Waals surface area contributed by atoms with Gasteiger partial charge < -0.3 is 0 Å². The molecule has 6 heteroatoms. The number of pyridine rings is 1. The Labute approximate surface area is 200 Å². The van der Waals surface area contributed by atoms with Crippen LogP contribution in [0, 0.1) is 12.8 Å². The Morgan fingerprint density at radius 1 is 1.00 bits per heavy atom. The molecule has 4 aromatic rings. The number of nitrogens with two attached hydrogens (primary N) is 1. The summed E-state index contributed by atoms with van der Waals surface area (Å²) in [5, 5.41) is 8.41. The third kappa shape index (κ3) is 4.56. The van der Waals surface area contributed by atoms with Crippen LogP contribution in [0.2, 0.25) is 0 Å². The van der Waals surface area contributed by atoms with E-state index in [-0.39, 0.29) is 5.92 Å². The molecule has 0 saturated heterocycles. The van der Waals surface area contributed by atoms with Gasteiger partial charge in [0.05, 0.1) is 15.6 Å². The molecule has 2 aromatic heterocycles. The van der Waals surface area contributed by atoms with Crippen LogP contribution in [0.5, 0.6) is 0 Å². The molecule has 0 aliphatic heterocycles. The molecule has 2 heterocycles. The van der Waals surface area contributed by atoms with Gasteiger partial charge >= 0.3 is 0 Å². The maximum absolute atomic E-state index is 14.7. The number of nitrogens with zero attached hydrogens (tertiary/aromatic N) is 2. The molecule has 4 rings (SSSR count). The Bertz CT molecular complexity index is 1340. The maximum atomic E-state index is 14.7. The van der Waals surface area contributed by atoms with Crippen LogP contribution in [-0.4, -0.2) is 19.9 Å². The fourth-order valence-corrected chi connectivity index (χ4v) is 8.56. The minimum Gasteiger partial charge on any atom is -0.263 e. The van der Waals surface area contributed by atoms with Crippen LogP contribution in [0.1, 0.15) is 31.3 Å². The van der Waals surface area contributed by atoms with Crippen molar-refractivity contribution in [2.24, 2.45) is 11.1 Å². The SMILES string of the molecule is CCc1nc(-c2cccc(C)c2)c(-c2ccnc(S(N)(=O)(CC(C)C)c3ccccc3)c2)s1. The highest BCUT2D eigenvalue weighted by atomic mass is 32.3. The lowest BCUT2D eigenvalue weighted by Crippen LogP contribution is -2.48. The lowest BCUT2D eigenvalue weighted by Gasteiger charge is -2.39. The van der Waals surface area contributed by atoms with E-state index in [1.807, 2.05) is 56.3 Å². The fraction of sp³-hybridized carbons (Fsp3) is 0.259. The Hall–Kier alpha value is -2.67. The van der Waals surface area contributed by atoms with Gasteiger partial charge in [0.2, 0.25) is 0 Å². The summed E-state index contributed by atoms with van der Waals surface area (Å²) in [5.74, 6) is 0.476. The monoisotopic (exact) mass is 477 g/mol. The highest BCUT2D eigenvalue weighted by molar-refractivity contribution is 8.18. The standard InChI is InChI=1S/C27H31N3OS2/c1-5-24-30-26(21-11-9-10-20(4)16-21)27(32-24)22-14-15-29-25(17-22)33(28,31,18-19(2)3)23-12-7-6-8-13-23/h6-17,19H,5,18H2,1-4H3,(H2,28,31). The van der Waals surface area contributed by atoms with Crippen LogP contribution in [0.4, 0.5) is 0 Å². The predicted molar refractivity (Wildman–Crippen MR) is 140 cm³/mol. The molecule has 172 valence electrons. The quantitative estimate of drug-likeness (QED) is 0.330. The predicted octanol–water partition coefficient (Wildman–Crippen LogP) is 6.51. The molecule has 0 fully saturated rings. The van der Waals surface area contributed by atoms with Crippen molar-refractivity contribution in [3.63, 3.8) is 0 Å². The molecule has 0 aliphatic carbocycles. The van der Waals surface area contributed by atoms with Crippen molar-refractivity contribution in [2.45, 2.75) is 44.0 Å². The third-order valence-corrected chi connectivity index (χ3v) is 10.7. The van der Waals surface area contributed by atoms with E-state index in [1.54, 1.807) is 17.5 Å². The van der Waals surface area contributed by atoms with Gasteiger partial charge in [0.15, 0.2) is 0 Å². The minimum atomic E-state index is -3.90. The van der Waals surface area contributed by atoms with Crippen molar-refractivity contribution in [2.75, 3.05) is 5.75 Å². The molecule has 0 bridgehead atoms. The lowest BCUT2D eigenvalue weighted by atomic mass is 10.1. The summed E-state index contributed by atoms with van der Waals surface area (Å²) in [6.45, 7) is 8.28. The van der Waals surface area contributed by atoms with Gasteiger partial charge in [-0.3, -0.25) is 9.35 Å². The van der Waals surface area contributed by atoms with Crippen LogP contribution in [0.15, 0.2) is 82.8 Å². The van der Waals surface area contributed by atoms with Crippen molar-refractivity contribution in [1.82, 2.24) is 9.97 Å². The Balaban J connectivity index is 1.92. The summed E-state index contributed by atoms with van der Waals surface area (Å²) < 4.78 is 14.7. The van der Waals surface area contributed by atoms with Gasteiger partial charge in [-0.05, 0) is 55.2 Å². The molecular weight excluding hydrogens is 446 g/mol. The van der Waals surface area contributed by atoms with E-state index in [2.05, 4.69) is 43.1 Å². The van der Waals surface area contributed by atoms with Gasteiger partial charge in [0.25, 0.3) is 0 Å². The number of aryl methyl sites for hydroxylation is 2. The third-order valence-electron chi connectivity index (χ3n) is 5.65. The normalized spacial score (nSPS) is 13.1. The Kier molecular flexibility index (Phi) is 6.36. The van der Waals surface area contributed by atoms with Crippen LogP contribution < -0.4 is 5.14 Å². The topological polar surface area (TPSA) is 68.9 Å². The highest BCUT2D eigenvalue weighted by Crippen LogP contribution is 2.42. The van der Waals surface area contributed by atoms with Gasteiger partial charge in [0.1, 0.15) is 5.03 Å². The van der Waals surface area contributed by atoms with Gasteiger partial charge in [-0.15, -0.1) is 11.3 Å². The Morgan fingerprint density at radius 2 is 1.76 bits per heavy atom. The molecule has 0 radical (unpaired) electrons. The number of rotatable bonds is 7. The second kappa shape index (κ2) is 8.93. The molecule has 2 aromatic carbocycles. The second-order valence-electron chi connectivity index (χ2n) is 8.94. The van der Waals surface area contributed by atoms with E-state index in [4.69, 9.17) is 10.1 Å². The number of benzene rings is 2. The first-order valence-corrected chi connectivity index (χ1v) is 14.3. The first-order valence-electron chi connectivity index (χ1n) is 11.2. The van der Waals surface area contributed by atoms with Gasteiger partial charge in [0, 0.05) is 31.7 Å². The van der Waals surface area contributed by atoms with E-state index in [1.165, 1.54) is 5.56 Å². The number of thiazole rings is 1. The van der Waals surface area contributed by atoms with E-state index in [0.29, 0.717) is 15.7 Å². The van der Waals surface area contributed by atoms with E-state index < -0.39 is 9.25 Å². The molecular formula is C27H31N3OS2. The smallest absolute Gasteiger partial charge is 0.122 e. The molecule has 33 heavy (non-hydrogen) atoms. The first kappa shape index (κ1) is 23.5. The van der Waals surface area contributed by atoms with E-state index in [9.17, 15) is 4.21 Å². The van der Waals surface area contributed by atoms with Crippen molar-refractivity contribution in [3.05, 3.63) is 83.5 Å². The summed E-state index contributed by atoms with van der Waals surface area (Å²) in [6.07, 6.45) is 2.58. The van der Waals surface area contributed by atoms with Crippen LogP contribution in [0.3, 0.4) is 0 Å². The summed E-state index contributed by atoms with van der Waals surface area (Å²) in [4.78, 5) is 11.2. The van der Waals surface area contributed by atoms with Gasteiger partial charge in [-0.1, -0.05) is 62.7 Å². The van der Waals surface area contributed by atoms with Crippen molar-refractivity contribution in [3.8, 4) is 21.7 Å². The van der Waals surface area contributed by atoms with Crippen molar-refractivity contribution < 1.29 is 4.21 Å². The number of aromatic nitrogens is 2. The van der Waals surface area contributed by atoms with Gasteiger partial charge in [-0.2, -0.15) is 0 Å². The van der Waals surface area contributed by atoms with Crippen LogP contribution in [-0.2, 0) is 15.7 Å². The largest absolute Gasteiger partial charge is 0.263 e. The molecule has 4 nitrogen and oxygen atoms in total. The molecule has 0 aliphatic rings. The van der Waals surface area contributed by atoms with Crippen molar-refractivity contribution >= 4 is 20.6 Å². The Morgan fingerprint density at radius 3 is 2.42 bits per heavy atom. The zero-order valence-corrected chi connectivity index (χ0v) is 21.2. The highest BCUT2D eigenvalue weighted by Gasteiger charge is 2.39.